The van der Waals surface area contributed by atoms with Crippen molar-refractivity contribution in [1.82, 2.24) is 4.98 Å². The number of benzene rings is 1. The second kappa shape index (κ2) is 3.99. The van der Waals surface area contributed by atoms with Crippen molar-refractivity contribution in [3.63, 3.8) is 0 Å². The quantitative estimate of drug-likeness (QED) is 0.759. The van der Waals surface area contributed by atoms with Crippen LogP contribution >= 0.6 is 11.6 Å². The van der Waals surface area contributed by atoms with Crippen LogP contribution in [0.2, 0.25) is 5.02 Å². The number of hydrogen-bond donors (Lipinski definition) is 0. The maximum Gasteiger partial charge on any atom is 0.231 e. The first kappa shape index (κ1) is 10.7. The number of nitriles is 1. The maximum absolute atomic E-state index is 8.94. The van der Waals surface area contributed by atoms with Crippen LogP contribution in [0.15, 0.2) is 18.2 Å². The molecule has 0 aliphatic heterocycles. The normalized spacial score (nSPS) is 10.1. The number of hydrogen-bond acceptors (Lipinski definition) is 3. The molecule has 2 rings (SSSR count). The van der Waals surface area contributed by atoms with Gasteiger partial charge in [0.15, 0.2) is 0 Å². The fourth-order valence-electron chi connectivity index (χ4n) is 1.58. The van der Waals surface area contributed by atoms with E-state index in [-0.39, 0.29) is 0 Å². The Hall–Kier alpha value is -1.79. The monoisotopic (exact) mass is 232 g/mol. The van der Waals surface area contributed by atoms with Gasteiger partial charge in [-0.1, -0.05) is 17.7 Å². The predicted molar refractivity (Wildman–Crippen MR) is 62.8 cm³/mol. The predicted octanol–water partition coefficient (Wildman–Crippen LogP) is 3.08. The van der Waals surface area contributed by atoms with Gasteiger partial charge in [0, 0.05) is 10.4 Å². The number of fused-ring (bicyclic) bond motifs is 1. The molecule has 4 heteroatoms. The fraction of sp³-hybridized carbons (Fsp3) is 0.167. The molecule has 2 aromatic rings. The Morgan fingerprint density at radius 2 is 2.19 bits per heavy atom. The molecule has 0 spiro atoms. The Kier molecular flexibility index (Phi) is 2.67. The van der Waals surface area contributed by atoms with Crippen LogP contribution in [0.3, 0.4) is 0 Å². The number of methoxy groups -OCH3 is 1. The zero-order valence-electron chi connectivity index (χ0n) is 8.91. The molecule has 0 saturated heterocycles. The van der Waals surface area contributed by atoms with Gasteiger partial charge in [0.05, 0.1) is 12.6 Å². The van der Waals surface area contributed by atoms with E-state index < -0.39 is 0 Å². The number of aromatic nitrogens is 1. The third kappa shape index (κ3) is 1.58. The van der Waals surface area contributed by atoms with E-state index >= 15 is 0 Å². The Bertz CT molecular complexity index is 602. The first-order valence-corrected chi connectivity index (χ1v) is 5.09. The Balaban J connectivity index is 2.85. The lowest BCUT2D eigenvalue weighted by Gasteiger charge is -2.07. The van der Waals surface area contributed by atoms with Crippen molar-refractivity contribution < 1.29 is 4.74 Å². The second-order valence-electron chi connectivity index (χ2n) is 3.40. The molecule has 1 aromatic heterocycles. The zero-order valence-corrected chi connectivity index (χ0v) is 9.67. The van der Waals surface area contributed by atoms with Crippen molar-refractivity contribution in [1.29, 1.82) is 5.26 Å². The van der Waals surface area contributed by atoms with Gasteiger partial charge in [-0.25, -0.2) is 4.98 Å². The van der Waals surface area contributed by atoms with E-state index in [1.165, 1.54) is 7.11 Å². The summed E-state index contributed by atoms with van der Waals surface area (Å²) >= 11 is 6.01. The molecule has 16 heavy (non-hydrogen) atoms. The van der Waals surface area contributed by atoms with Crippen LogP contribution in [0.1, 0.15) is 11.1 Å². The summed E-state index contributed by atoms with van der Waals surface area (Å²) < 4.78 is 5.06. The van der Waals surface area contributed by atoms with Gasteiger partial charge in [-0.3, -0.25) is 0 Å². The first-order valence-electron chi connectivity index (χ1n) is 4.71. The van der Waals surface area contributed by atoms with Crippen molar-refractivity contribution >= 4 is 22.5 Å². The Morgan fingerprint density at radius 3 is 2.81 bits per heavy atom. The van der Waals surface area contributed by atoms with Crippen LogP contribution in [0.5, 0.6) is 5.88 Å². The van der Waals surface area contributed by atoms with Gasteiger partial charge in [0.1, 0.15) is 11.6 Å². The summed E-state index contributed by atoms with van der Waals surface area (Å²) in [6, 6.07) is 7.45. The maximum atomic E-state index is 8.94. The summed E-state index contributed by atoms with van der Waals surface area (Å²) in [5, 5.41) is 10.5. The number of aryl methyl sites for hydroxylation is 1. The average molecular weight is 233 g/mol. The molecule has 0 radical (unpaired) electrons. The summed E-state index contributed by atoms with van der Waals surface area (Å²) in [5.41, 5.74) is 2.09. The van der Waals surface area contributed by atoms with Crippen LogP contribution in [0, 0.1) is 18.3 Å². The van der Waals surface area contributed by atoms with Gasteiger partial charge in [0.2, 0.25) is 5.88 Å². The summed E-state index contributed by atoms with van der Waals surface area (Å²) in [4.78, 5) is 4.30. The Morgan fingerprint density at radius 1 is 1.44 bits per heavy atom. The third-order valence-electron chi connectivity index (χ3n) is 2.45. The minimum Gasteiger partial charge on any atom is -0.480 e. The highest BCUT2D eigenvalue weighted by Gasteiger charge is 2.09. The van der Waals surface area contributed by atoms with Crippen molar-refractivity contribution in [2.24, 2.45) is 0 Å². The van der Waals surface area contributed by atoms with Gasteiger partial charge >= 0.3 is 0 Å². The smallest absolute Gasteiger partial charge is 0.231 e. The molecule has 0 amide bonds. The standard InChI is InChI=1S/C12H9ClN2O/c1-7-10(13)4-3-8-5-9(6-14)12(16-2)15-11(7)8/h3-5H,1-2H3. The highest BCUT2D eigenvalue weighted by molar-refractivity contribution is 6.32. The van der Waals surface area contributed by atoms with Gasteiger partial charge in [0.25, 0.3) is 0 Å². The highest BCUT2D eigenvalue weighted by atomic mass is 35.5. The molecule has 1 aromatic carbocycles. The van der Waals surface area contributed by atoms with Gasteiger partial charge in [-0.05, 0) is 24.6 Å². The first-order chi connectivity index (χ1) is 7.67. The number of nitrogens with zero attached hydrogens (tertiary/aromatic N) is 2. The van der Waals surface area contributed by atoms with Crippen molar-refractivity contribution in [3.8, 4) is 11.9 Å². The lowest BCUT2D eigenvalue weighted by Crippen LogP contribution is -1.94. The number of pyridine rings is 1. The van der Waals surface area contributed by atoms with Gasteiger partial charge in [-0.2, -0.15) is 5.26 Å². The number of ether oxygens (including phenoxy) is 1. The van der Waals surface area contributed by atoms with E-state index in [1.54, 1.807) is 12.1 Å². The van der Waals surface area contributed by atoms with Crippen molar-refractivity contribution in [3.05, 3.63) is 34.3 Å². The highest BCUT2D eigenvalue weighted by Crippen LogP contribution is 2.27. The van der Waals surface area contributed by atoms with Gasteiger partial charge < -0.3 is 4.74 Å². The zero-order chi connectivity index (χ0) is 11.7. The molecule has 0 fully saturated rings. The molecular weight excluding hydrogens is 224 g/mol. The molecule has 1 heterocycles. The minimum absolute atomic E-state index is 0.334. The van der Waals surface area contributed by atoms with E-state index in [4.69, 9.17) is 21.6 Å². The molecule has 0 saturated carbocycles. The van der Waals surface area contributed by atoms with Crippen molar-refractivity contribution in [2.75, 3.05) is 7.11 Å². The summed E-state index contributed by atoms with van der Waals surface area (Å²) in [5.74, 6) is 0.334. The lowest BCUT2D eigenvalue weighted by molar-refractivity contribution is 0.398. The molecule has 0 bridgehead atoms. The van der Waals surface area contributed by atoms with Crippen LogP contribution in [-0.4, -0.2) is 12.1 Å². The van der Waals surface area contributed by atoms with E-state index in [0.29, 0.717) is 16.5 Å². The molecule has 3 nitrogen and oxygen atoms in total. The molecular formula is C12H9ClN2O. The van der Waals surface area contributed by atoms with E-state index in [2.05, 4.69) is 11.1 Å². The molecule has 0 N–H and O–H groups in total. The van der Waals surface area contributed by atoms with Crippen LogP contribution in [0.25, 0.3) is 10.9 Å². The van der Waals surface area contributed by atoms with E-state index in [9.17, 15) is 0 Å². The van der Waals surface area contributed by atoms with E-state index in [1.807, 2.05) is 13.0 Å². The third-order valence-corrected chi connectivity index (χ3v) is 2.86. The minimum atomic E-state index is 0.334. The Labute approximate surface area is 98.2 Å². The molecule has 0 aliphatic rings. The van der Waals surface area contributed by atoms with Gasteiger partial charge in [-0.15, -0.1) is 0 Å². The average Bonchev–Trinajstić information content (AvgIpc) is 2.32. The molecule has 0 aliphatic carbocycles. The number of halogens is 1. The largest absolute Gasteiger partial charge is 0.480 e. The molecule has 0 atom stereocenters. The van der Waals surface area contributed by atoms with Crippen molar-refractivity contribution in [2.45, 2.75) is 6.92 Å². The topological polar surface area (TPSA) is 45.9 Å². The number of rotatable bonds is 1. The van der Waals surface area contributed by atoms with Crippen LogP contribution in [-0.2, 0) is 0 Å². The summed E-state index contributed by atoms with van der Waals surface area (Å²) in [6.07, 6.45) is 0. The SMILES string of the molecule is COc1nc2c(C)c(Cl)ccc2cc1C#N. The summed E-state index contributed by atoms with van der Waals surface area (Å²) in [7, 11) is 1.49. The van der Waals surface area contributed by atoms with Crippen LogP contribution in [0.4, 0.5) is 0 Å². The molecule has 0 unspecified atom stereocenters. The summed E-state index contributed by atoms with van der Waals surface area (Å²) in [6.45, 7) is 1.89. The lowest BCUT2D eigenvalue weighted by atomic mass is 10.1. The molecule has 80 valence electrons. The van der Waals surface area contributed by atoms with Crippen LogP contribution < -0.4 is 4.74 Å². The second-order valence-corrected chi connectivity index (χ2v) is 3.81. The fourth-order valence-corrected chi connectivity index (χ4v) is 1.73. The van der Waals surface area contributed by atoms with E-state index in [0.717, 1.165) is 16.5 Å².